The molecule has 0 unspecified atom stereocenters. The third kappa shape index (κ3) is 3.05. The average Bonchev–Trinajstić information content (AvgIpc) is 2.64. The fraction of sp³-hybridized carbons (Fsp3) is 0.769. The Morgan fingerprint density at radius 2 is 1.95 bits per heavy atom. The molecule has 0 aromatic rings. The van der Waals surface area contributed by atoms with Gasteiger partial charge in [-0.2, -0.15) is 0 Å². The van der Waals surface area contributed by atoms with Crippen LogP contribution in [0.1, 0.15) is 40.5 Å². The number of methoxy groups -OCH3 is 1. The second-order valence-electron chi connectivity index (χ2n) is 5.66. The summed E-state index contributed by atoms with van der Waals surface area (Å²) in [6.07, 6.45) is -0.370. The highest BCUT2D eigenvalue weighted by Crippen LogP contribution is 2.33. The summed E-state index contributed by atoms with van der Waals surface area (Å²) in [5.41, 5.74) is -1.91. The maximum atomic E-state index is 12.1. The second kappa shape index (κ2) is 5.19. The van der Waals surface area contributed by atoms with Gasteiger partial charge in [-0.05, 0) is 27.2 Å². The van der Waals surface area contributed by atoms with Crippen LogP contribution in [0, 0.1) is 0 Å². The van der Waals surface area contributed by atoms with Crippen molar-refractivity contribution >= 4 is 17.8 Å². The van der Waals surface area contributed by atoms with Crippen LogP contribution in [0.15, 0.2) is 0 Å². The standard InChI is InChI=1S/C13H21NO5/c1-6-13(10(16)18-5)7-9(15)8-14(13)11(17)19-12(2,3)4/h6-8H2,1-5H3/t13-/m0/s1. The van der Waals surface area contributed by atoms with Crippen molar-refractivity contribution in [3.63, 3.8) is 0 Å². The minimum atomic E-state index is -1.23. The number of hydrogen-bond acceptors (Lipinski definition) is 5. The van der Waals surface area contributed by atoms with Crippen molar-refractivity contribution in [2.24, 2.45) is 0 Å². The summed E-state index contributed by atoms with van der Waals surface area (Å²) in [6.45, 7) is 6.82. The molecule has 0 aromatic carbocycles. The lowest BCUT2D eigenvalue weighted by atomic mass is 9.93. The molecule has 0 saturated carbocycles. The predicted molar refractivity (Wildman–Crippen MR) is 67.6 cm³/mol. The van der Waals surface area contributed by atoms with E-state index >= 15 is 0 Å². The van der Waals surface area contributed by atoms with Crippen molar-refractivity contribution in [3.8, 4) is 0 Å². The zero-order chi connectivity index (χ0) is 14.8. The van der Waals surface area contributed by atoms with Crippen molar-refractivity contribution in [1.82, 2.24) is 4.90 Å². The highest BCUT2D eigenvalue weighted by molar-refractivity contribution is 5.98. The molecule has 6 heteroatoms. The first-order chi connectivity index (χ1) is 8.66. The van der Waals surface area contributed by atoms with Gasteiger partial charge in [-0.1, -0.05) is 6.92 Å². The highest BCUT2D eigenvalue weighted by Gasteiger charge is 2.54. The van der Waals surface area contributed by atoms with Crippen molar-refractivity contribution in [2.45, 2.75) is 51.7 Å². The zero-order valence-corrected chi connectivity index (χ0v) is 12.1. The van der Waals surface area contributed by atoms with Gasteiger partial charge in [0.05, 0.1) is 13.7 Å². The van der Waals surface area contributed by atoms with Gasteiger partial charge in [-0.25, -0.2) is 9.59 Å². The van der Waals surface area contributed by atoms with Gasteiger partial charge in [0.15, 0.2) is 11.3 Å². The SMILES string of the molecule is CC[C@@]1(C(=O)OC)CC(=O)CN1C(=O)OC(C)(C)C. The summed E-state index contributed by atoms with van der Waals surface area (Å²) in [7, 11) is 1.25. The number of carbonyl (C=O) groups is 3. The molecule has 0 radical (unpaired) electrons. The second-order valence-corrected chi connectivity index (χ2v) is 5.66. The van der Waals surface area contributed by atoms with Crippen LogP contribution in [0.2, 0.25) is 0 Å². The van der Waals surface area contributed by atoms with E-state index in [1.165, 1.54) is 12.0 Å². The molecule has 1 saturated heterocycles. The van der Waals surface area contributed by atoms with E-state index in [9.17, 15) is 14.4 Å². The maximum Gasteiger partial charge on any atom is 0.411 e. The highest BCUT2D eigenvalue weighted by atomic mass is 16.6. The Morgan fingerprint density at radius 1 is 1.37 bits per heavy atom. The number of Topliss-reactive ketones (excluding diaryl/α,β-unsaturated/α-hetero) is 1. The van der Waals surface area contributed by atoms with E-state index in [1.54, 1.807) is 27.7 Å². The van der Waals surface area contributed by atoms with Gasteiger partial charge in [-0.15, -0.1) is 0 Å². The van der Waals surface area contributed by atoms with Crippen LogP contribution in [0.3, 0.4) is 0 Å². The molecule has 1 fully saturated rings. The molecule has 6 nitrogen and oxygen atoms in total. The fourth-order valence-corrected chi connectivity index (χ4v) is 2.19. The average molecular weight is 271 g/mol. The van der Waals surface area contributed by atoms with Crippen LogP contribution in [0.4, 0.5) is 4.79 Å². The predicted octanol–water partition coefficient (Wildman–Crippen LogP) is 1.52. The molecule has 1 amide bonds. The molecule has 0 N–H and O–H groups in total. The number of amides is 1. The van der Waals surface area contributed by atoms with Crippen molar-refractivity contribution < 1.29 is 23.9 Å². The van der Waals surface area contributed by atoms with Crippen LogP contribution >= 0.6 is 0 Å². The Labute approximate surface area is 113 Å². The Morgan fingerprint density at radius 3 is 2.37 bits per heavy atom. The Bertz CT molecular complexity index is 398. The smallest absolute Gasteiger partial charge is 0.411 e. The summed E-state index contributed by atoms with van der Waals surface area (Å²) >= 11 is 0. The number of ether oxygens (including phenoxy) is 2. The number of esters is 1. The molecule has 0 spiro atoms. The van der Waals surface area contributed by atoms with E-state index in [4.69, 9.17) is 9.47 Å². The number of hydrogen-bond donors (Lipinski definition) is 0. The van der Waals surface area contributed by atoms with E-state index < -0.39 is 23.2 Å². The Balaban J connectivity index is 3.05. The first-order valence-electron chi connectivity index (χ1n) is 6.27. The summed E-state index contributed by atoms with van der Waals surface area (Å²) in [5, 5.41) is 0. The van der Waals surface area contributed by atoms with Gasteiger partial charge in [0, 0.05) is 6.42 Å². The number of rotatable bonds is 2. The van der Waals surface area contributed by atoms with E-state index in [-0.39, 0.29) is 18.7 Å². The molecule has 0 bridgehead atoms. The number of likely N-dealkylation sites (tertiary alicyclic amines) is 1. The minimum Gasteiger partial charge on any atom is -0.467 e. The molecular weight excluding hydrogens is 250 g/mol. The van der Waals surface area contributed by atoms with Gasteiger partial charge >= 0.3 is 12.1 Å². The lowest BCUT2D eigenvalue weighted by Crippen LogP contribution is -2.54. The summed E-state index contributed by atoms with van der Waals surface area (Å²) in [5.74, 6) is -0.746. The number of nitrogens with zero attached hydrogens (tertiary/aromatic N) is 1. The summed E-state index contributed by atoms with van der Waals surface area (Å²) in [4.78, 5) is 37.0. The molecular formula is C13H21NO5. The van der Waals surface area contributed by atoms with Gasteiger partial charge in [0.2, 0.25) is 0 Å². The number of carbonyl (C=O) groups excluding carboxylic acids is 3. The van der Waals surface area contributed by atoms with Crippen LogP contribution in [0.25, 0.3) is 0 Å². The van der Waals surface area contributed by atoms with Crippen LogP contribution in [-0.4, -0.2) is 47.5 Å². The largest absolute Gasteiger partial charge is 0.467 e. The minimum absolute atomic E-state index is 0.0184. The Kier molecular flexibility index (Phi) is 4.22. The molecule has 1 rings (SSSR count). The monoisotopic (exact) mass is 271 g/mol. The summed E-state index contributed by atoms with van der Waals surface area (Å²) in [6, 6.07) is 0. The van der Waals surface area contributed by atoms with Gasteiger partial charge < -0.3 is 9.47 Å². The molecule has 1 aliphatic rings. The molecule has 0 aromatic heterocycles. The Hall–Kier alpha value is -1.59. The third-order valence-corrected chi connectivity index (χ3v) is 3.10. The zero-order valence-electron chi connectivity index (χ0n) is 12.1. The first kappa shape index (κ1) is 15.5. The summed E-state index contributed by atoms with van der Waals surface area (Å²) < 4.78 is 10.00. The normalized spacial score (nSPS) is 23.4. The molecule has 1 atom stereocenters. The molecule has 1 heterocycles. The van der Waals surface area contributed by atoms with Crippen molar-refractivity contribution in [2.75, 3.05) is 13.7 Å². The van der Waals surface area contributed by atoms with Crippen LogP contribution < -0.4 is 0 Å². The van der Waals surface area contributed by atoms with Gasteiger partial charge in [0.1, 0.15) is 5.60 Å². The molecule has 19 heavy (non-hydrogen) atoms. The van der Waals surface area contributed by atoms with E-state index in [1.807, 2.05) is 0 Å². The van der Waals surface area contributed by atoms with Crippen LogP contribution in [-0.2, 0) is 19.1 Å². The molecule has 1 aliphatic heterocycles. The number of ketones is 1. The van der Waals surface area contributed by atoms with Crippen molar-refractivity contribution in [3.05, 3.63) is 0 Å². The topological polar surface area (TPSA) is 72.9 Å². The van der Waals surface area contributed by atoms with E-state index in [2.05, 4.69) is 0 Å². The van der Waals surface area contributed by atoms with Gasteiger partial charge in [0.25, 0.3) is 0 Å². The van der Waals surface area contributed by atoms with Crippen molar-refractivity contribution in [1.29, 1.82) is 0 Å². The first-order valence-corrected chi connectivity index (χ1v) is 6.27. The van der Waals surface area contributed by atoms with E-state index in [0.717, 1.165) is 0 Å². The lowest BCUT2D eigenvalue weighted by Gasteiger charge is -2.35. The third-order valence-electron chi connectivity index (χ3n) is 3.10. The molecule has 0 aliphatic carbocycles. The fourth-order valence-electron chi connectivity index (χ4n) is 2.19. The molecule has 108 valence electrons. The lowest BCUT2D eigenvalue weighted by molar-refractivity contribution is -0.153. The van der Waals surface area contributed by atoms with Gasteiger partial charge in [-0.3, -0.25) is 9.69 Å². The quantitative estimate of drug-likeness (QED) is 0.712. The van der Waals surface area contributed by atoms with E-state index in [0.29, 0.717) is 6.42 Å². The van der Waals surface area contributed by atoms with Crippen LogP contribution in [0.5, 0.6) is 0 Å². The maximum absolute atomic E-state index is 12.1.